The van der Waals surface area contributed by atoms with Crippen molar-refractivity contribution in [2.45, 2.75) is 32.4 Å². The van der Waals surface area contributed by atoms with E-state index in [2.05, 4.69) is 35.8 Å². The van der Waals surface area contributed by atoms with Crippen molar-refractivity contribution in [3.8, 4) is 11.4 Å². The minimum Gasteiger partial charge on any atom is -0.338 e. The highest BCUT2D eigenvalue weighted by Gasteiger charge is 2.38. The number of halogens is 1. The van der Waals surface area contributed by atoms with Gasteiger partial charge in [0.05, 0.1) is 11.9 Å². The third kappa shape index (κ3) is 3.84. The molecule has 9 nitrogen and oxygen atoms in total. The zero-order chi connectivity index (χ0) is 23.2. The second-order valence-electron chi connectivity index (χ2n) is 8.47. The van der Waals surface area contributed by atoms with Crippen LogP contribution in [0.25, 0.3) is 11.4 Å². The van der Waals surface area contributed by atoms with E-state index < -0.39 is 0 Å². The minimum atomic E-state index is 0.124. The molecule has 0 unspecified atom stereocenters. The van der Waals surface area contributed by atoms with Crippen LogP contribution in [0.5, 0.6) is 0 Å². The Morgan fingerprint density at radius 3 is 2.74 bits per heavy atom. The highest BCUT2D eigenvalue weighted by molar-refractivity contribution is 6.33. The van der Waals surface area contributed by atoms with Gasteiger partial charge < -0.3 is 15.5 Å². The zero-order valence-corrected chi connectivity index (χ0v) is 19.1. The van der Waals surface area contributed by atoms with E-state index in [0.29, 0.717) is 35.2 Å². The van der Waals surface area contributed by atoms with Crippen LogP contribution in [0.4, 0.5) is 23.1 Å². The maximum absolute atomic E-state index is 12.6. The number of hydrogen-bond donors (Lipinski definition) is 3. The summed E-state index contributed by atoms with van der Waals surface area (Å²) in [6.07, 6.45) is 3.74. The second-order valence-corrected chi connectivity index (χ2v) is 8.87. The molecule has 3 N–H and O–H groups in total. The summed E-state index contributed by atoms with van der Waals surface area (Å²) in [7, 11) is 0. The third-order valence-corrected chi connectivity index (χ3v) is 6.22. The molecule has 2 aromatic heterocycles. The molecule has 1 fully saturated rings. The summed E-state index contributed by atoms with van der Waals surface area (Å²) in [6, 6.07) is 13.8. The fourth-order valence-electron chi connectivity index (χ4n) is 4.12. The molecule has 10 heteroatoms. The molecule has 170 valence electrons. The fraction of sp³-hybridized carbons (Fsp3) is 0.208. The smallest absolute Gasteiger partial charge is 0.254 e. The second kappa shape index (κ2) is 8.11. The molecule has 0 atom stereocenters. The van der Waals surface area contributed by atoms with Gasteiger partial charge in [-0.2, -0.15) is 10.1 Å². The van der Waals surface area contributed by atoms with Crippen LogP contribution < -0.4 is 10.6 Å². The quantitative estimate of drug-likeness (QED) is 0.368. The number of rotatable bonds is 6. The minimum absolute atomic E-state index is 0.124. The van der Waals surface area contributed by atoms with E-state index in [4.69, 9.17) is 11.6 Å². The van der Waals surface area contributed by atoms with Gasteiger partial charge in [0.1, 0.15) is 10.8 Å². The first-order valence-electron chi connectivity index (χ1n) is 11.0. The van der Waals surface area contributed by atoms with Gasteiger partial charge in [-0.15, -0.1) is 0 Å². The number of aromatic nitrogens is 5. The van der Waals surface area contributed by atoms with Crippen LogP contribution in [0, 0.1) is 6.92 Å². The topological polar surface area (TPSA) is 112 Å². The normalized spacial score (nSPS) is 14.9. The molecule has 0 spiro atoms. The van der Waals surface area contributed by atoms with Crippen molar-refractivity contribution >= 4 is 40.6 Å². The van der Waals surface area contributed by atoms with Gasteiger partial charge in [0.2, 0.25) is 5.95 Å². The number of fused-ring (bicyclic) bond motifs is 1. The molecule has 2 aromatic carbocycles. The summed E-state index contributed by atoms with van der Waals surface area (Å²) in [4.78, 5) is 27.9. The summed E-state index contributed by atoms with van der Waals surface area (Å²) in [5.41, 5.74) is 4.19. The number of aromatic amines is 1. The van der Waals surface area contributed by atoms with Crippen molar-refractivity contribution in [2.24, 2.45) is 0 Å². The highest BCUT2D eigenvalue weighted by atomic mass is 35.5. The van der Waals surface area contributed by atoms with Crippen molar-refractivity contribution < 1.29 is 4.79 Å². The van der Waals surface area contributed by atoms with Crippen LogP contribution in [0.15, 0.2) is 48.7 Å². The van der Waals surface area contributed by atoms with Crippen LogP contribution in [-0.4, -0.2) is 42.0 Å². The third-order valence-electron chi connectivity index (χ3n) is 5.94. The van der Waals surface area contributed by atoms with Gasteiger partial charge in [-0.3, -0.25) is 9.89 Å². The van der Waals surface area contributed by atoms with Gasteiger partial charge in [-0.05, 0) is 55.7 Å². The number of nitrogens with one attached hydrogen (secondary N) is 3. The van der Waals surface area contributed by atoms with Gasteiger partial charge in [0, 0.05) is 29.4 Å². The predicted octanol–water partition coefficient (Wildman–Crippen LogP) is 4.83. The van der Waals surface area contributed by atoms with Crippen LogP contribution >= 0.6 is 11.6 Å². The Kier molecular flexibility index (Phi) is 4.91. The summed E-state index contributed by atoms with van der Waals surface area (Å²) in [5, 5.41) is 14.0. The van der Waals surface area contributed by atoms with Crippen molar-refractivity contribution in [3.63, 3.8) is 0 Å². The highest BCUT2D eigenvalue weighted by Crippen LogP contribution is 2.36. The molecule has 0 bridgehead atoms. The molecule has 1 saturated carbocycles. The first-order chi connectivity index (χ1) is 16.5. The number of amides is 1. The molecule has 2 aliphatic rings. The molecular weight excluding hydrogens is 452 g/mol. The van der Waals surface area contributed by atoms with Crippen molar-refractivity contribution in [2.75, 3.05) is 10.6 Å². The van der Waals surface area contributed by atoms with Crippen LogP contribution in [0.2, 0.25) is 5.02 Å². The van der Waals surface area contributed by atoms with Crippen LogP contribution in [0.3, 0.4) is 0 Å². The maximum atomic E-state index is 12.6. The average molecular weight is 473 g/mol. The molecule has 3 heterocycles. The lowest BCUT2D eigenvalue weighted by atomic mass is 10.1. The zero-order valence-electron chi connectivity index (χ0n) is 18.3. The van der Waals surface area contributed by atoms with Crippen molar-refractivity contribution in [1.82, 2.24) is 30.0 Å². The van der Waals surface area contributed by atoms with Crippen LogP contribution in [-0.2, 0) is 6.54 Å². The fourth-order valence-corrected chi connectivity index (χ4v) is 4.26. The Balaban J connectivity index is 1.25. The number of hydrogen-bond acceptors (Lipinski definition) is 7. The number of H-pyrrole nitrogens is 1. The molecule has 6 rings (SSSR count). The van der Waals surface area contributed by atoms with Gasteiger partial charge in [-0.1, -0.05) is 23.7 Å². The molecule has 0 saturated heterocycles. The Hall–Kier alpha value is -3.98. The molecule has 4 aromatic rings. The van der Waals surface area contributed by atoms with E-state index in [1.165, 1.54) is 0 Å². The first kappa shape index (κ1) is 20.6. The predicted molar refractivity (Wildman–Crippen MR) is 130 cm³/mol. The number of anilines is 4. The Morgan fingerprint density at radius 2 is 1.94 bits per heavy atom. The largest absolute Gasteiger partial charge is 0.338 e. The monoisotopic (exact) mass is 472 g/mol. The van der Waals surface area contributed by atoms with Crippen LogP contribution in [0.1, 0.15) is 34.6 Å². The standard InChI is InChI=1S/C24H21ClN8O/c1-13-27-21(32-31-13)18-4-2-3-5-20(18)29-22-19(25)11-26-24(30-22)28-15-6-9-17-14(10-15)12-33(23(17)34)16-7-8-16/h2-6,9-11,16H,7-8,12H2,1H3,(H,27,31,32)(H2,26,28,29,30). The van der Waals surface area contributed by atoms with Gasteiger partial charge in [0.25, 0.3) is 5.91 Å². The van der Waals surface area contributed by atoms with E-state index in [1.807, 2.05) is 54.3 Å². The SMILES string of the molecule is Cc1nc(-c2ccccc2Nc2nc(Nc3ccc4c(c3)CN(C3CC3)C4=O)ncc2Cl)n[nH]1. The van der Waals surface area contributed by atoms with E-state index >= 15 is 0 Å². The van der Waals surface area contributed by atoms with Crippen molar-refractivity contribution in [3.05, 3.63) is 70.6 Å². The number of para-hydroxylation sites is 1. The molecule has 1 aliphatic heterocycles. The van der Waals surface area contributed by atoms with Crippen molar-refractivity contribution in [1.29, 1.82) is 0 Å². The lowest BCUT2D eigenvalue weighted by Crippen LogP contribution is -2.25. The van der Waals surface area contributed by atoms with Gasteiger partial charge in [0.15, 0.2) is 11.6 Å². The molecule has 1 amide bonds. The Bertz CT molecular complexity index is 1410. The summed E-state index contributed by atoms with van der Waals surface area (Å²) in [6.45, 7) is 2.50. The average Bonchev–Trinajstić information content (AvgIpc) is 3.51. The Labute approximate surface area is 200 Å². The molecule has 34 heavy (non-hydrogen) atoms. The number of carbonyl (C=O) groups is 1. The lowest BCUT2D eigenvalue weighted by molar-refractivity contribution is 0.0766. The van der Waals surface area contributed by atoms with Gasteiger partial charge >= 0.3 is 0 Å². The van der Waals surface area contributed by atoms with E-state index in [0.717, 1.165) is 46.7 Å². The van der Waals surface area contributed by atoms with E-state index in [1.54, 1.807) is 6.20 Å². The van der Waals surface area contributed by atoms with E-state index in [9.17, 15) is 4.79 Å². The first-order valence-corrected chi connectivity index (χ1v) is 11.4. The number of carbonyl (C=O) groups excluding carboxylic acids is 1. The number of benzene rings is 2. The summed E-state index contributed by atoms with van der Waals surface area (Å²) in [5.74, 6) is 2.28. The lowest BCUT2D eigenvalue weighted by Gasteiger charge is -2.13. The van der Waals surface area contributed by atoms with E-state index in [-0.39, 0.29) is 5.91 Å². The summed E-state index contributed by atoms with van der Waals surface area (Å²) < 4.78 is 0. The number of nitrogens with zero attached hydrogens (tertiary/aromatic N) is 5. The molecular formula is C24H21ClN8O. The van der Waals surface area contributed by atoms with Gasteiger partial charge in [-0.25, -0.2) is 9.97 Å². The molecule has 0 radical (unpaired) electrons. The summed E-state index contributed by atoms with van der Waals surface area (Å²) >= 11 is 6.40. The molecule has 1 aliphatic carbocycles. The maximum Gasteiger partial charge on any atom is 0.254 e. The number of aryl methyl sites for hydroxylation is 1. The Morgan fingerprint density at radius 1 is 1.09 bits per heavy atom.